The van der Waals surface area contributed by atoms with E-state index in [1.165, 1.54) is 19.3 Å². The van der Waals surface area contributed by atoms with Crippen molar-refractivity contribution in [3.8, 4) is 0 Å². The van der Waals surface area contributed by atoms with Gasteiger partial charge in [0.15, 0.2) is 9.84 Å². The molecular weight excluding hydrogens is 290 g/mol. The molecule has 1 heterocycles. The van der Waals surface area contributed by atoms with Gasteiger partial charge in [-0.2, -0.15) is 0 Å². The lowest BCUT2D eigenvalue weighted by molar-refractivity contribution is -0.164. The van der Waals surface area contributed by atoms with Gasteiger partial charge in [-0.3, -0.25) is 9.69 Å². The monoisotopic (exact) mass is 317 g/mol. The molecule has 0 aromatic heterocycles. The molecule has 21 heavy (non-hydrogen) atoms. The second-order valence-electron chi connectivity index (χ2n) is 6.84. The van der Waals surface area contributed by atoms with Crippen LogP contribution in [0.25, 0.3) is 0 Å². The molecule has 2 fully saturated rings. The highest BCUT2D eigenvalue weighted by atomic mass is 32.2. The standard InChI is InChI=1S/C15H27NO4S/c1-15(2,13-6-4-3-5-7-13)20-14(17)12-16-8-10-21(18,19)11-9-16/h13H,3-12H2,1-2H3. The normalized spacial score (nSPS) is 24.7. The van der Waals surface area contributed by atoms with Crippen LogP contribution in [0.15, 0.2) is 0 Å². The Morgan fingerprint density at radius 3 is 2.29 bits per heavy atom. The first-order valence-corrected chi connectivity index (χ1v) is 9.75. The second-order valence-corrected chi connectivity index (χ2v) is 9.14. The minimum absolute atomic E-state index is 0.145. The minimum Gasteiger partial charge on any atom is -0.458 e. The van der Waals surface area contributed by atoms with Crippen LogP contribution in [0.3, 0.4) is 0 Å². The minimum atomic E-state index is -2.90. The summed E-state index contributed by atoms with van der Waals surface area (Å²) in [6.07, 6.45) is 5.97. The predicted molar refractivity (Wildman–Crippen MR) is 81.8 cm³/mol. The summed E-state index contributed by atoms with van der Waals surface area (Å²) in [6, 6.07) is 0. The molecule has 0 spiro atoms. The van der Waals surface area contributed by atoms with Crippen molar-refractivity contribution >= 4 is 15.8 Å². The zero-order valence-corrected chi connectivity index (χ0v) is 14.0. The molecule has 5 nitrogen and oxygen atoms in total. The number of hydrogen-bond donors (Lipinski definition) is 0. The Morgan fingerprint density at radius 2 is 1.71 bits per heavy atom. The van der Waals surface area contributed by atoms with Gasteiger partial charge in [0.2, 0.25) is 0 Å². The zero-order valence-electron chi connectivity index (χ0n) is 13.1. The Kier molecular flexibility index (Phi) is 5.30. The Balaban J connectivity index is 1.81. The molecule has 2 aliphatic rings. The van der Waals surface area contributed by atoms with Gasteiger partial charge in [-0.25, -0.2) is 8.42 Å². The molecule has 0 atom stereocenters. The molecule has 0 radical (unpaired) electrons. The molecule has 6 heteroatoms. The summed E-state index contributed by atoms with van der Waals surface area (Å²) in [5.41, 5.74) is -0.417. The maximum Gasteiger partial charge on any atom is 0.320 e. The molecule has 0 N–H and O–H groups in total. The van der Waals surface area contributed by atoms with E-state index < -0.39 is 15.4 Å². The van der Waals surface area contributed by atoms with Crippen molar-refractivity contribution in [2.75, 3.05) is 31.1 Å². The Labute approximate surface area is 127 Å². The molecule has 0 bridgehead atoms. The van der Waals surface area contributed by atoms with E-state index in [0.717, 1.165) is 12.8 Å². The Hall–Kier alpha value is -0.620. The van der Waals surface area contributed by atoms with Crippen LogP contribution in [-0.4, -0.2) is 56.0 Å². The first kappa shape index (κ1) is 16.7. The van der Waals surface area contributed by atoms with Gasteiger partial charge in [-0.15, -0.1) is 0 Å². The summed E-state index contributed by atoms with van der Waals surface area (Å²) in [7, 11) is -2.90. The molecule has 0 aromatic rings. The molecule has 1 saturated heterocycles. The van der Waals surface area contributed by atoms with Crippen LogP contribution in [0.5, 0.6) is 0 Å². The number of ether oxygens (including phenoxy) is 1. The van der Waals surface area contributed by atoms with E-state index in [0.29, 0.717) is 19.0 Å². The van der Waals surface area contributed by atoms with Gasteiger partial charge in [0.1, 0.15) is 5.60 Å². The van der Waals surface area contributed by atoms with E-state index in [1.807, 2.05) is 18.7 Å². The number of nitrogens with zero attached hydrogens (tertiary/aromatic N) is 1. The van der Waals surface area contributed by atoms with E-state index >= 15 is 0 Å². The highest BCUT2D eigenvalue weighted by Gasteiger charge is 2.34. The maximum atomic E-state index is 12.1. The molecule has 122 valence electrons. The lowest BCUT2D eigenvalue weighted by atomic mass is 9.79. The maximum absolute atomic E-state index is 12.1. The van der Waals surface area contributed by atoms with Crippen LogP contribution in [0.4, 0.5) is 0 Å². The van der Waals surface area contributed by atoms with Gasteiger partial charge in [0, 0.05) is 13.1 Å². The average Bonchev–Trinajstić information content (AvgIpc) is 2.42. The molecule has 1 aliphatic heterocycles. The third-order valence-corrected chi connectivity index (χ3v) is 6.36. The molecule has 1 saturated carbocycles. The van der Waals surface area contributed by atoms with Gasteiger partial charge in [-0.05, 0) is 32.6 Å². The van der Waals surface area contributed by atoms with Crippen molar-refractivity contribution in [1.29, 1.82) is 0 Å². The van der Waals surface area contributed by atoms with E-state index in [4.69, 9.17) is 4.74 Å². The van der Waals surface area contributed by atoms with Crippen molar-refractivity contribution in [2.24, 2.45) is 5.92 Å². The van der Waals surface area contributed by atoms with E-state index in [1.54, 1.807) is 0 Å². The third kappa shape index (κ3) is 4.95. The lowest BCUT2D eigenvalue weighted by Gasteiger charge is -2.37. The number of sulfone groups is 1. The summed E-state index contributed by atoms with van der Waals surface area (Å²) >= 11 is 0. The van der Waals surface area contributed by atoms with Crippen LogP contribution in [-0.2, 0) is 19.4 Å². The van der Waals surface area contributed by atoms with Gasteiger partial charge in [0.05, 0.1) is 18.1 Å². The van der Waals surface area contributed by atoms with Crippen LogP contribution >= 0.6 is 0 Å². The van der Waals surface area contributed by atoms with E-state index in [-0.39, 0.29) is 24.0 Å². The van der Waals surface area contributed by atoms with Gasteiger partial charge in [0.25, 0.3) is 0 Å². The highest BCUT2D eigenvalue weighted by molar-refractivity contribution is 7.91. The number of carbonyl (C=O) groups excluding carboxylic acids is 1. The second kappa shape index (κ2) is 6.65. The van der Waals surface area contributed by atoms with Gasteiger partial charge < -0.3 is 4.74 Å². The van der Waals surface area contributed by atoms with Crippen molar-refractivity contribution in [3.05, 3.63) is 0 Å². The number of rotatable bonds is 4. The lowest BCUT2D eigenvalue weighted by Crippen LogP contribution is -2.45. The van der Waals surface area contributed by atoms with Crippen molar-refractivity contribution in [3.63, 3.8) is 0 Å². The third-order valence-electron chi connectivity index (χ3n) is 4.75. The molecule has 0 amide bonds. The average molecular weight is 317 g/mol. The van der Waals surface area contributed by atoms with Crippen molar-refractivity contribution in [1.82, 2.24) is 4.90 Å². The Morgan fingerprint density at radius 1 is 1.14 bits per heavy atom. The van der Waals surface area contributed by atoms with E-state index in [2.05, 4.69) is 0 Å². The first-order valence-electron chi connectivity index (χ1n) is 7.93. The number of carbonyl (C=O) groups is 1. The molecule has 0 unspecified atom stereocenters. The largest absolute Gasteiger partial charge is 0.458 e. The summed E-state index contributed by atoms with van der Waals surface area (Å²) in [5, 5.41) is 0. The van der Waals surface area contributed by atoms with Crippen LogP contribution in [0.2, 0.25) is 0 Å². The predicted octanol–water partition coefficient (Wildman–Crippen LogP) is 1.62. The van der Waals surface area contributed by atoms with Crippen molar-refractivity contribution < 1.29 is 17.9 Å². The quantitative estimate of drug-likeness (QED) is 0.737. The summed E-state index contributed by atoms with van der Waals surface area (Å²) in [5.74, 6) is 0.500. The SMILES string of the molecule is CC(C)(OC(=O)CN1CCS(=O)(=O)CC1)C1CCCCC1. The van der Waals surface area contributed by atoms with Crippen molar-refractivity contribution in [2.45, 2.75) is 51.6 Å². The fraction of sp³-hybridized carbons (Fsp3) is 0.933. The van der Waals surface area contributed by atoms with E-state index in [9.17, 15) is 13.2 Å². The van der Waals surface area contributed by atoms with Gasteiger partial charge in [-0.1, -0.05) is 19.3 Å². The zero-order chi connectivity index (χ0) is 15.5. The summed E-state index contributed by atoms with van der Waals surface area (Å²) in [4.78, 5) is 14.0. The van der Waals surface area contributed by atoms with Crippen LogP contribution in [0.1, 0.15) is 46.0 Å². The fourth-order valence-electron chi connectivity index (χ4n) is 3.30. The molecule has 2 rings (SSSR count). The first-order chi connectivity index (χ1) is 9.78. The van der Waals surface area contributed by atoms with Crippen LogP contribution in [0, 0.1) is 5.92 Å². The fourth-order valence-corrected chi connectivity index (χ4v) is 4.57. The molecule has 0 aromatic carbocycles. The topological polar surface area (TPSA) is 63.7 Å². The van der Waals surface area contributed by atoms with Gasteiger partial charge >= 0.3 is 5.97 Å². The highest BCUT2D eigenvalue weighted by Crippen LogP contribution is 2.34. The Bertz CT molecular complexity index is 452. The molecule has 1 aliphatic carbocycles. The molecular formula is C15H27NO4S. The number of hydrogen-bond acceptors (Lipinski definition) is 5. The smallest absolute Gasteiger partial charge is 0.320 e. The number of esters is 1. The van der Waals surface area contributed by atoms with Crippen LogP contribution < -0.4 is 0 Å². The summed E-state index contributed by atoms with van der Waals surface area (Å²) in [6.45, 7) is 5.07. The summed E-state index contributed by atoms with van der Waals surface area (Å²) < 4.78 is 28.5.